The highest BCUT2D eigenvalue weighted by molar-refractivity contribution is 9.10. The molecule has 0 spiro atoms. The number of nitrogens with one attached hydrogen (secondary N) is 1. The molecule has 0 saturated heterocycles. The number of halogens is 2. The van der Waals surface area contributed by atoms with Gasteiger partial charge in [0.1, 0.15) is 12.4 Å². The summed E-state index contributed by atoms with van der Waals surface area (Å²) >= 11 is 9.60. The van der Waals surface area contributed by atoms with E-state index in [1.54, 1.807) is 36.4 Å². The Bertz CT molecular complexity index is 1010. The van der Waals surface area contributed by atoms with E-state index in [0.29, 0.717) is 22.9 Å². The smallest absolute Gasteiger partial charge is 0.273 e. The number of rotatable bonds is 7. The quantitative estimate of drug-likeness (QED) is 0.380. The minimum Gasteiger partial charge on any atom is -0.488 e. The molecule has 0 radical (unpaired) electrons. The Hall–Kier alpha value is -2.67. The van der Waals surface area contributed by atoms with E-state index in [-0.39, 0.29) is 0 Å². The van der Waals surface area contributed by atoms with Crippen LogP contribution in [0.5, 0.6) is 5.75 Å². The van der Waals surface area contributed by atoms with Crippen LogP contribution in [0.15, 0.2) is 82.4 Å². The van der Waals surface area contributed by atoms with E-state index in [1.165, 1.54) is 6.21 Å². The number of amides is 1. The minimum atomic E-state index is -1.28. The second-order valence-electron chi connectivity index (χ2n) is 6.12. The lowest BCUT2D eigenvalue weighted by Crippen LogP contribution is -2.25. The first-order chi connectivity index (χ1) is 14.0. The maximum Gasteiger partial charge on any atom is 0.273 e. The number of benzene rings is 3. The largest absolute Gasteiger partial charge is 0.488 e. The maximum atomic E-state index is 12.0. The Kier molecular flexibility index (Phi) is 7.41. The molecule has 0 aliphatic carbocycles. The predicted octanol–water partition coefficient (Wildman–Crippen LogP) is 4.87. The fraction of sp³-hybridized carbons (Fsp3) is 0.0909. The molecule has 0 heterocycles. The van der Waals surface area contributed by atoms with Gasteiger partial charge in [-0.1, -0.05) is 60.1 Å². The van der Waals surface area contributed by atoms with Crippen LogP contribution in [0.4, 0.5) is 0 Å². The molecular weight excluding hydrogens is 456 g/mol. The first-order valence-corrected chi connectivity index (χ1v) is 9.93. The molecular formula is C22H18BrClN2O3. The number of aliphatic hydroxyl groups is 1. The Morgan fingerprint density at radius 3 is 2.59 bits per heavy atom. The van der Waals surface area contributed by atoms with Crippen molar-refractivity contribution in [3.63, 3.8) is 0 Å². The lowest BCUT2D eigenvalue weighted by Gasteiger charge is -2.10. The van der Waals surface area contributed by atoms with Crippen LogP contribution in [0.25, 0.3) is 0 Å². The normalized spacial score (nSPS) is 12.0. The molecule has 5 nitrogen and oxygen atoms in total. The van der Waals surface area contributed by atoms with E-state index in [0.717, 1.165) is 15.6 Å². The standard InChI is InChI=1S/C22H18BrClN2O3/c23-18-12-15(10-11-20(18)29-14-17-8-4-5-9-19(17)24)13-25-26-22(28)21(27)16-6-2-1-3-7-16/h1-13,21,27H,14H2,(H,26,28)/b25-13-/t21-/m1/s1. The zero-order chi connectivity index (χ0) is 20.6. The van der Waals surface area contributed by atoms with Gasteiger partial charge >= 0.3 is 0 Å². The van der Waals surface area contributed by atoms with E-state index in [9.17, 15) is 9.90 Å². The van der Waals surface area contributed by atoms with Gasteiger partial charge in [-0.15, -0.1) is 0 Å². The number of hydrogen-bond donors (Lipinski definition) is 2. The van der Waals surface area contributed by atoms with Crippen LogP contribution in [0, 0.1) is 0 Å². The van der Waals surface area contributed by atoms with Gasteiger partial charge in [0.05, 0.1) is 10.7 Å². The van der Waals surface area contributed by atoms with Crippen LogP contribution < -0.4 is 10.2 Å². The molecule has 2 N–H and O–H groups in total. The molecule has 0 fully saturated rings. The highest BCUT2D eigenvalue weighted by atomic mass is 79.9. The average molecular weight is 474 g/mol. The first kappa shape index (κ1) is 21.0. The zero-order valence-electron chi connectivity index (χ0n) is 15.3. The summed E-state index contributed by atoms with van der Waals surface area (Å²) < 4.78 is 6.54. The van der Waals surface area contributed by atoms with E-state index in [4.69, 9.17) is 16.3 Å². The first-order valence-electron chi connectivity index (χ1n) is 8.76. The zero-order valence-corrected chi connectivity index (χ0v) is 17.6. The molecule has 148 valence electrons. The lowest BCUT2D eigenvalue weighted by molar-refractivity contribution is -0.129. The van der Waals surface area contributed by atoms with Crippen LogP contribution in [-0.4, -0.2) is 17.2 Å². The second kappa shape index (κ2) is 10.2. The van der Waals surface area contributed by atoms with Crippen LogP contribution in [0.2, 0.25) is 5.02 Å². The molecule has 0 aliphatic heterocycles. The number of hydrazone groups is 1. The van der Waals surface area contributed by atoms with Gasteiger partial charge in [-0.2, -0.15) is 5.10 Å². The highest BCUT2D eigenvalue weighted by Gasteiger charge is 2.16. The topological polar surface area (TPSA) is 70.9 Å². The third-order valence-corrected chi connectivity index (χ3v) is 5.04. The summed E-state index contributed by atoms with van der Waals surface area (Å²) in [7, 11) is 0. The highest BCUT2D eigenvalue weighted by Crippen LogP contribution is 2.27. The van der Waals surface area contributed by atoms with Gasteiger partial charge < -0.3 is 9.84 Å². The molecule has 3 aromatic rings. The summed E-state index contributed by atoms with van der Waals surface area (Å²) in [4.78, 5) is 12.0. The molecule has 0 unspecified atom stereocenters. The van der Waals surface area contributed by atoms with E-state index >= 15 is 0 Å². The summed E-state index contributed by atoms with van der Waals surface area (Å²) in [5.74, 6) is 0.0526. The maximum absolute atomic E-state index is 12.0. The van der Waals surface area contributed by atoms with Crippen LogP contribution in [-0.2, 0) is 11.4 Å². The molecule has 7 heteroatoms. The fourth-order valence-corrected chi connectivity index (χ4v) is 3.20. The number of carbonyl (C=O) groups is 1. The monoisotopic (exact) mass is 472 g/mol. The van der Waals surface area contributed by atoms with Crippen molar-refractivity contribution in [2.75, 3.05) is 0 Å². The summed E-state index contributed by atoms with van der Waals surface area (Å²) in [5, 5.41) is 14.6. The molecule has 29 heavy (non-hydrogen) atoms. The molecule has 1 amide bonds. The number of aliphatic hydroxyl groups excluding tert-OH is 1. The molecule has 1 atom stereocenters. The molecule has 0 aromatic heterocycles. The van der Waals surface area contributed by atoms with Crippen molar-refractivity contribution in [2.24, 2.45) is 5.10 Å². The number of hydrogen-bond acceptors (Lipinski definition) is 4. The Morgan fingerprint density at radius 1 is 1.14 bits per heavy atom. The van der Waals surface area contributed by atoms with E-state index in [1.807, 2.05) is 36.4 Å². The van der Waals surface area contributed by atoms with Crippen LogP contribution in [0.1, 0.15) is 22.8 Å². The predicted molar refractivity (Wildman–Crippen MR) is 117 cm³/mol. The van der Waals surface area contributed by atoms with Gasteiger partial charge in [-0.25, -0.2) is 5.43 Å². The summed E-state index contributed by atoms with van der Waals surface area (Å²) in [6.45, 7) is 0.346. The van der Waals surface area contributed by atoms with Gasteiger partial charge in [-0.3, -0.25) is 4.79 Å². The fourth-order valence-electron chi connectivity index (χ4n) is 2.50. The second-order valence-corrected chi connectivity index (χ2v) is 7.38. The average Bonchev–Trinajstić information content (AvgIpc) is 2.74. The van der Waals surface area contributed by atoms with Gasteiger partial charge in [0.25, 0.3) is 5.91 Å². The SMILES string of the molecule is O=C(N/N=C\c1ccc(OCc2ccccc2Cl)c(Br)c1)[C@H](O)c1ccccc1. The molecule has 0 saturated carbocycles. The number of ether oxygens (including phenoxy) is 1. The lowest BCUT2D eigenvalue weighted by atomic mass is 10.1. The van der Waals surface area contributed by atoms with Crippen molar-refractivity contribution in [1.82, 2.24) is 5.43 Å². The molecule has 0 bridgehead atoms. The van der Waals surface area contributed by atoms with Crippen molar-refractivity contribution in [3.05, 3.63) is 99.0 Å². The number of carbonyl (C=O) groups excluding carboxylic acids is 1. The number of nitrogens with zero attached hydrogens (tertiary/aromatic N) is 1. The van der Waals surface area contributed by atoms with Gasteiger partial charge in [-0.05, 0) is 51.3 Å². The Morgan fingerprint density at radius 2 is 1.86 bits per heavy atom. The summed E-state index contributed by atoms with van der Waals surface area (Å²) in [6, 6.07) is 21.6. The van der Waals surface area contributed by atoms with Crippen molar-refractivity contribution in [3.8, 4) is 5.75 Å². The van der Waals surface area contributed by atoms with Gasteiger partial charge in [0.15, 0.2) is 6.10 Å². The molecule has 3 rings (SSSR count). The van der Waals surface area contributed by atoms with E-state index < -0.39 is 12.0 Å². The molecule has 3 aromatic carbocycles. The summed E-state index contributed by atoms with van der Waals surface area (Å²) in [6.07, 6.45) is 0.207. The Balaban J connectivity index is 1.57. The van der Waals surface area contributed by atoms with Crippen molar-refractivity contribution < 1.29 is 14.6 Å². The van der Waals surface area contributed by atoms with Gasteiger partial charge in [0.2, 0.25) is 0 Å². The van der Waals surface area contributed by atoms with Crippen LogP contribution in [0.3, 0.4) is 0 Å². The van der Waals surface area contributed by atoms with Crippen molar-refractivity contribution in [1.29, 1.82) is 0 Å². The third-order valence-electron chi connectivity index (χ3n) is 4.05. The molecule has 0 aliphatic rings. The Labute approximate surface area is 182 Å². The van der Waals surface area contributed by atoms with Gasteiger partial charge in [0, 0.05) is 10.6 Å². The van der Waals surface area contributed by atoms with Crippen molar-refractivity contribution >= 4 is 39.7 Å². The minimum absolute atomic E-state index is 0.346. The van der Waals surface area contributed by atoms with Crippen LogP contribution >= 0.6 is 27.5 Å². The van der Waals surface area contributed by atoms with E-state index in [2.05, 4.69) is 26.5 Å². The van der Waals surface area contributed by atoms with Crippen molar-refractivity contribution in [2.45, 2.75) is 12.7 Å². The third kappa shape index (κ3) is 5.90. The summed E-state index contributed by atoms with van der Waals surface area (Å²) in [5.41, 5.74) is 4.48.